The van der Waals surface area contributed by atoms with Crippen LogP contribution in [0.1, 0.15) is 46.2 Å². The first kappa shape index (κ1) is 17.9. The predicted octanol–water partition coefficient (Wildman–Crippen LogP) is 3.70. The number of nitrogens with zero attached hydrogens (tertiary/aromatic N) is 2. The SMILES string of the molecule is CC(c1ccc(Cl)cc1)C(C)N(C)C(=O)c1cc(C(=O)O)ccn1. The average Bonchev–Trinajstić information content (AvgIpc) is 2.60. The number of amides is 1. The van der Waals surface area contributed by atoms with E-state index < -0.39 is 5.97 Å². The van der Waals surface area contributed by atoms with Gasteiger partial charge in [0, 0.05) is 30.2 Å². The third-order valence-electron chi connectivity index (χ3n) is 4.28. The van der Waals surface area contributed by atoms with Gasteiger partial charge in [0.15, 0.2) is 0 Å². The maximum atomic E-state index is 12.6. The van der Waals surface area contributed by atoms with Gasteiger partial charge in [-0.3, -0.25) is 9.78 Å². The summed E-state index contributed by atoms with van der Waals surface area (Å²) in [6.07, 6.45) is 1.33. The van der Waals surface area contributed by atoms with Crippen LogP contribution in [0.15, 0.2) is 42.6 Å². The number of carbonyl (C=O) groups excluding carboxylic acids is 1. The highest BCUT2D eigenvalue weighted by Crippen LogP contribution is 2.24. The number of carboxylic acid groups (broad SMARTS) is 1. The van der Waals surface area contributed by atoms with Crippen molar-refractivity contribution >= 4 is 23.5 Å². The molecule has 0 bridgehead atoms. The fourth-order valence-electron chi connectivity index (χ4n) is 2.43. The van der Waals surface area contributed by atoms with Gasteiger partial charge in [-0.25, -0.2) is 4.79 Å². The van der Waals surface area contributed by atoms with Crippen LogP contribution in [-0.2, 0) is 0 Å². The molecule has 6 heteroatoms. The predicted molar refractivity (Wildman–Crippen MR) is 92.6 cm³/mol. The summed E-state index contributed by atoms with van der Waals surface area (Å²) in [5.74, 6) is -1.32. The lowest BCUT2D eigenvalue weighted by Gasteiger charge is -2.30. The number of hydrogen-bond acceptors (Lipinski definition) is 3. The Balaban J connectivity index is 2.18. The molecule has 0 saturated carbocycles. The molecule has 0 aliphatic heterocycles. The van der Waals surface area contributed by atoms with Crippen LogP contribution in [-0.4, -0.2) is 40.0 Å². The average molecular weight is 347 g/mol. The standard InChI is InChI=1S/C18H19ClN2O3/c1-11(13-4-6-15(19)7-5-13)12(2)21(3)17(22)16-10-14(18(23)24)8-9-20-16/h4-12H,1-3H3,(H,23,24). The Labute approximate surface area is 145 Å². The Kier molecular flexibility index (Phi) is 5.57. The fourth-order valence-corrected chi connectivity index (χ4v) is 2.55. The number of benzene rings is 1. The van der Waals surface area contributed by atoms with Crippen LogP contribution in [0.4, 0.5) is 0 Å². The van der Waals surface area contributed by atoms with E-state index in [9.17, 15) is 9.59 Å². The van der Waals surface area contributed by atoms with Crippen molar-refractivity contribution in [2.24, 2.45) is 0 Å². The molecule has 0 radical (unpaired) electrons. The number of pyridine rings is 1. The highest BCUT2D eigenvalue weighted by Gasteiger charge is 2.24. The molecule has 1 heterocycles. The third-order valence-corrected chi connectivity index (χ3v) is 4.53. The van der Waals surface area contributed by atoms with Gasteiger partial charge in [-0.2, -0.15) is 0 Å². The lowest BCUT2D eigenvalue weighted by molar-refractivity contribution is 0.0696. The Morgan fingerprint density at radius 1 is 1.17 bits per heavy atom. The minimum Gasteiger partial charge on any atom is -0.478 e. The molecule has 0 fully saturated rings. The van der Waals surface area contributed by atoms with Crippen molar-refractivity contribution in [2.75, 3.05) is 7.05 Å². The highest BCUT2D eigenvalue weighted by molar-refractivity contribution is 6.30. The second kappa shape index (κ2) is 7.45. The van der Waals surface area contributed by atoms with E-state index in [4.69, 9.17) is 16.7 Å². The summed E-state index contributed by atoms with van der Waals surface area (Å²) >= 11 is 5.91. The lowest BCUT2D eigenvalue weighted by atomic mass is 9.93. The normalized spacial score (nSPS) is 13.2. The van der Waals surface area contributed by atoms with Gasteiger partial charge in [0.25, 0.3) is 5.91 Å². The quantitative estimate of drug-likeness (QED) is 0.896. The van der Waals surface area contributed by atoms with Crippen LogP contribution >= 0.6 is 11.6 Å². The van der Waals surface area contributed by atoms with Crippen LogP contribution < -0.4 is 0 Å². The molecule has 1 aromatic heterocycles. The first-order valence-electron chi connectivity index (χ1n) is 7.53. The molecule has 126 valence electrons. The molecule has 2 atom stereocenters. The Morgan fingerprint density at radius 2 is 1.79 bits per heavy atom. The molecule has 1 aromatic carbocycles. The molecule has 2 aromatic rings. The van der Waals surface area contributed by atoms with Crippen molar-refractivity contribution in [1.82, 2.24) is 9.88 Å². The van der Waals surface area contributed by atoms with Gasteiger partial charge >= 0.3 is 5.97 Å². The number of aromatic carboxylic acids is 1. The Hall–Kier alpha value is -2.40. The number of carboxylic acids is 1. The molecule has 0 spiro atoms. The molecular weight excluding hydrogens is 328 g/mol. The molecule has 24 heavy (non-hydrogen) atoms. The van der Waals surface area contributed by atoms with Gasteiger partial charge in [0.2, 0.25) is 0 Å². The fraction of sp³-hybridized carbons (Fsp3) is 0.278. The number of hydrogen-bond donors (Lipinski definition) is 1. The Bertz CT molecular complexity index is 746. The molecule has 1 amide bonds. The van der Waals surface area contributed by atoms with Crippen LogP contribution in [0, 0.1) is 0 Å². The molecular formula is C18H19ClN2O3. The van der Waals surface area contributed by atoms with Gasteiger partial charge in [-0.1, -0.05) is 30.7 Å². The topological polar surface area (TPSA) is 70.5 Å². The van der Waals surface area contributed by atoms with Gasteiger partial charge in [-0.05, 0) is 36.8 Å². The number of carbonyl (C=O) groups is 2. The van der Waals surface area contributed by atoms with Crippen LogP contribution in [0.3, 0.4) is 0 Å². The number of halogens is 1. The third kappa shape index (κ3) is 3.92. The van der Waals surface area contributed by atoms with E-state index in [2.05, 4.69) is 4.98 Å². The molecule has 2 rings (SSSR count). The number of likely N-dealkylation sites (N-methyl/N-ethyl adjacent to an activating group) is 1. The van der Waals surface area contributed by atoms with Crippen molar-refractivity contribution in [2.45, 2.75) is 25.8 Å². The first-order valence-corrected chi connectivity index (χ1v) is 7.91. The van der Waals surface area contributed by atoms with Crippen molar-refractivity contribution in [3.63, 3.8) is 0 Å². The number of aromatic nitrogens is 1. The van der Waals surface area contributed by atoms with Gasteiger partial charge < -0.3 is 10.0 Å². The largest absolute Gasteiger partial charge is 0.478 e. The highest BCUT2D eigenvalue weighted by atomic mass is 35.5. The Morgan fingerprint density at radius 3 is 2.38 bits per heavy atom. The van der Waals surface area contributed by atoms with Gasteiger partial charge in [0.1, 0.15) is 5.69 Å². The molecule has 2 unspecified atom stereocenters. The van der Waals surface area contributed by atoms with Crippen LogP contribution in [0.2, 0.25) is 5.02 Å². The van der Waals surface area contributed by atoms with Crippen molar-refractivity contribution in [3.05, 3.63) is 64.4 Å². The van der Waals surface area contributed by atoms with Crippen molar-refractivity contribution in [3.8, 4) is 0 Å². The van der Waals surface area contributed by atoms with E-state index in [1.165, 1.54) is 18.3 Å². The summed E-state index contributed by atoms with van der Waals surface area (Å²) in [4.78, 5) is 29.2. The van der Waals surface area contributed by atoms with Crippen molar-refractivity contribution in [1.29, 1.82) is 0 Å². The molecule has 0 saturated heterocycles. The van der Waals surface area contributed by atoms with Crippen molar-refractivity contribution < 1.29 is 14.7 Å². The van der Waals surface area contributed by atoms with E-state index in [1.807, 2.05) is 38.1 Å². The number of rotatable bonds is 5. The summed E-state index contributed by atoms with van der Waals surface area (Å²) in [6, 6.07) is 10.1. The molecule has 0 aliphatic carbocycles. The van der Waals surface area contributed by atoms with Crippen LogP contribution in [0.5, 0.6) is 0 Å². The summed E-state index contributed by atoms with van der Waals surface area (Å²) < 4.78 is 0. The lowest BCUT2D eigenvalue weighted by Crippen LogP contribution is -2.38. The monoisotopic (exact) mass is 346 g/mol. The summed E-state index contributed by atoms with van der Waals surface area (Å²) in [6.45, 7) is 3.97. The van der Waals surface area contributed by atoms with E-state index in [1.54, 1.807) is 11.9 Å². The molecule has 1 N–H and O–H groups in total. The van der Waals surface area contributed by atoms with Gasteiger partial charge in [0.05, 0.1) is 5.56 Å². The zero-order valence-electron chi connectivity index (χ0n) is 13.7. The van der Waals surface area contributed by atoms with E-state index in [0.29, 0.717) is 5.02 Å². The summed E-state index contributed by atoms with van der Waals surface area (Å²) in [5, 5.41) is 9.70. The zero-order valence-corrected chi connectivity index (χ0v) is 14.5. The first-order chi connectivity index (χ1) is 11.3. The van der Waals surface area contributed by atoms with Crippen LogP contribution in [0.25, 0.3) is 0 Å². The van der Waals surface area contributed by atoms with E-state index in [-0.39, 0.29) is 29.1 Å². The summed E-state index contributed by atoms with van der Waals surface area (Å²) in [7, 11) is 1.69. The summed E-state index contributed by atoms with van der Waals surface area (Å²) in [5.41, 5.74) is 1.23. The molecule has 0 aliphatic rings. The second-order valence-electron chi connectivity index (χ2n) is 5.73. The maximum Gasteiger partial charge on any atom is 0.335 e. The van der Waals surface area contributed by atoms with E-state index in [0.717, 1.165) is 5.56 Å². The molecule has 5 nitrogen and oxygen atoms in total. The minimum atomic E-state index is -1.09. The van der Waals surface area contributed by atoms with E-state index >= 15 is 0 Å². The van der Waals surface area contributed by atoms with Gasteiger partial charge in [-0.15, -0.1) is 0 Å². The maximum absolute atomic E-state index is 12.6. The zero-order chi connectivity index (χ0) is 17.9. The smallest absolute Gasteiger partial charge is 0.335 e. The second-order valence-corrected chi connectivity index (χ2v) is 6.17. The minimum absolute atomic E-state index is 0.0418.